The number of rotatable bonds is 2. The average Bonchev–Trinajstić information content (AvgIpc) is 3.23. The second-order valence-corrected chi connectivity index (χ2v) is 15.8. The first-order valence-corrected chi connectivity index (χ1v) is 16.5. The van der Waals surface area contributed by atoms with Crippen LogP contribution in [-0.2, 0) is 14.8 Å². The minimum Gasteiger partial charge on any atom is -0.369 e. The lowest BCUT2D eigenvalue weighted by atomic mass is 9.52. The van der Waals surface area contributed by atoms with E-state index < -0.39 is 10.0 Å². The third-order valence-electron chi connectivity index (χ3n) is 12.0. The van der Waals surface area contributed by atoms with Crippen LogP contribution in [0.15, 0.2) is 11.1 Å². The molecule has 5 fully saturated rings. The van der Waals surface area contributed by atoms with Gasteiger partial charge in [-0.25, -0.2) is 13.1 Å². The summed E-state index contributed by atoms with van der Waals surface area (Å²) in [5.41, 5.74) is 3.83. The Bertz CT molecular complexity index is 1000. The van der Waals surface area contributed by atoms with Crippen LogP contribution in [0.4, 0.5) is 0 Å². The smallest absolute Gasteiger partial charge is 0.208 e. The van der Waals surface area contributed by atoms with Crippen molar-refractivity contribution in [3.05, 3.63) is 11.1 Å². The fourth-order valence-corrected chi connectivity index (χ4v) is 11.1. The normalized spacial score (nSPS) is 50.5. The lowest BCUT2D eigenvalue weighted by Crippen LogP contribution is -2.50. The van der Waals surface area contributed by atoms with E-state index in [0.717, 1.165) is 43.6 Å². The van der Waals surface area contributed by atoms with Gasteiger partial charge in [0.05, 0.1) is 18.0 Å². The van der Waals surface area contributed by atoms with E-state index in [1.54, 1.807) is 11.1 Å². The molecule has 206 valence electrons. The van der Waals surface area contributed by atoms with Crippen LogP contribution in [0.5, 0.6) is 0 Å². The van der Waals surface area contributed by atoms with Crippen LogP contribution in [0, 0.1) is 40.9 Å². The van der Waals surface area contributed by atoms with E-state index in [9.17, 15) is 8.42 Å². The summed E-state index contributed by atoms with van der Waals surface area (Å²) in [5.74, 6) is 4.28. The Hall–Kier alpha value is -0.140. The molecule has 36 heavy (non-hydrogen) atoms. The highest BCUT2D eigenvalue weighted by atomic mass is 35.5. The maximum absolute atomic E-state index is 11.9. The van der Waals surface area contributed by atoms with Crippen LogP contribution in [0.1, 0.15) is 91.9 Å². The fourth-order valence-electron chi connectivity index (χ4n) is 10.2. The zero-order valence-electron chi connectivity index (χ0n) is 23.0. The first kappa shape index (κ1) is 27.4. The molecule has 2 saturated heterocycles. The molecule has 6 rings (SSSR count). The predicted octanol–water partition coefficient (Wildman–Crippen LogP) is 5.45. The molecule has 6 aliphatic rings. The summed E-state index contributed by atoms with van der Waals surface area (Å²) in [6.07, 6.45) is 13.6. The third-order valence-corrected chi connectivity index (χ3v) is 12.8. The molecule has 0 amide bonds. The van der Waals surface area contributed by atoms with Gasteiger partial charge in [0, 0.05) is 18.0 Å². The van der Waals surface area contributed by atoms with Crippen molar-refractivity contribution in [3.63, 3.8) is 0 Å². The molecule has 1 spiro atoms. The van der Waals surface area contributed by atoms with Crippen molar-refractivity contribution >= 4 is 22.4 Å². The number of hydrogen-bond acceptors (Lipinski definition) is 4. The molecule has 2 N–H and O–H groups in total. The molecule has 0 aromatic carbocycles. The van der Waals surface area contributed by atoms with Gasteiger partial charge in [-0.3, -0.25) is 0 Å². The van der Waals surface area contributed by atoms with E-state index in [2.05, 4.69) is 37.7 Å². The van der Waals surface area contributed by atoms with Crippen molar-refractivity contribution in [1.29, 1.82) is 0 Å². The van der Waals surface area contributed by atoms with Crippen molar-refractivity contribution < 1.29 is 13.2 Å². The number of piperidine rings is 1. The van der Waals surface area contributed by atoms with Gasteiger partial charge < -0.3 is 10.1 Å². The molecule has 11 atom stereocenters. The monoisotopic (exact) mass is 540 g/mol. The van der Waals surface area contributed by atoms with E-state index in [-0.39, 0.29) is 24.0 Å². The highest BCUT2D eigenvalue weighted by molar-refractivity contribution is 7.88. The Kier molecular flexibility index (Phi) is 7.24. The molecule has 2 heterocycles. The molecule has 1 unspecified atom stereocenters. The molecule has 0 bridgehead atoms. The van der Waals surface area contributed by atoms with Gasteiger partial charge in [0.2, 0.25) is 10.0 Å². The molecule has 5 nitrogen and oxygen atoms in total. The molecule has 3 saturated carbocycles. The molecule has 2 aliphatic heterocycles. The summed E-state index contributed by atoms with van der Waals surface area (Å²) in [5, 5.41) is 3.85. The molecule has 4 aliphatic carbocycles. The van der Waals surface area contributed by atoms with Gasteiger partial charge in [0.1, 0.15) is 0 Å². The fraction of sp³-hybridized carbons (Fsp3) is 0.931. The summed E-state index contributed by atoms with van der Waals surface area (Å²) in [7, 11) is -3.13. The van der Waals surface area contributed by atoms with Crippen LogP contribution in [-0.4, -0.2) is 45.0 Å². The minimum absolute atomic E-state index is 0. The van der Waals surface area contributed by atoms with E-state index in [4.69, 9.17) is 4.74 Å². The minimum atomic E-state index is -3.13. The van der Waals surface area contributed by atoms with Crippen LogP contribution in [0.2, 0.25) is 0 Å². The molecule has 0 aromatic rings. The van der Waals surface area contributed by atoms with E-state index in [1.165, 1.54) is 51.2 Å². The first-order chi connectivity index (χ1) is 16.5. The van der Waals surface area contributed by atoms with Crippen molar-refractivity contribution in [1.82, 2.24) is 10.0 Å². The number of halogens is 1. The summed E-state index contributed by atoms with van der Waals surface area (Å²) in [4.78, 5) is 0. The van der Waals surface area contributed by atoms with Crippen molar-refractivity contribution in [2.45, 2.75) is 116 Å². The van der Waals surface area contributed by atoms with Gasteiger partial charge in [0.15, 0.2) is 0 Å². The Labute approximate surface area is 225 Å². The number of ether oxygens (including phenoxy) is 1. The van der Waals surface area contributed by atoms with Crippen LogP contribution in [0.25, 0.3) is 0 Å². The van der Waals surface area contributed by atoms with Gasteiger partial charge in [-0.05, 0) is 113 Å². The SMILES string of the molecule is CC1=C2C[C@H]3[C@@H](CC[C@@H]4CC(NS(C)(=O)=O)CC[C@@]43C)[C@@H]2CC[C@@]2(C1)O[C@@H]1C[C@H](C)CN[C@H]1[C@H]2C.Cl. The van der Waals surface area contributed by atoms with Gasteiger partial charge >= 0.3 is 0 Å². The van der Waals surface area contributed by atoms with Crippen molar-refractivity contribution in [2.24, 2.45) is 40.9 Å². The molecule has 0 radical (unpaired) electrons. The average molecular weight is 541 g/mol. The van der Waals surface area contributed by atoms with E-state index >= 15 is 0 Å². The lowest BCUT2D eigenvalue weighted by Gasteiger charge is -2.54. The first-order valence-electron chi connectivity index (χ1n) is 14.6. The number of nitrogens with one attached hydrogen (secondary N) is 2. The largest absolute Gasteiger partial charge is 0.369 e. The second-order valence-electron chi connectivity index (χ2n) is 14.0. The number of fused-ring (bicyclic) bond motifs is 6. The molecular formula is C29H49ClN2O3S. The number of hydrogen-bond donors (Lipinski definition) is 2. The summed E-state index contributed by atoms with van der Waals surface area (Å²) >= 11 is 0. The third kappa shape index (κ3) is 4.43. The highest BCUT2D eigenvalue weighted by Gasteiger charge is 2.59. The summed E-state index contributed by atoms with van der Waals surface area (Å²) in [6.45, 7) is 11.0. The van der Waals surface area contributed by atoms with Crippen LogP contribution >= 0.6 is 12.4 Å². The van der Waals surface area contributed by atoms with Crippen LogP contribution < -0.4 is 10.0 Å². The Morgan fingerprint density at radius 3 is 2.61 bits per heavy atom. The predicted molar refractivity (Wildman–Crippen MR) is 148 cm³/mol. The Balaban J connectivity index is 0.00000267. The summed E-state index contributed by atoms with van der Waals surface area (Å²) < 4.78 is 33.7. The maximum Gasteiger partial charge on any atom is 0.208 e. The van der Waals surface area contributed by atoms with Crippen LogP contribution in [0.3, 0.4) is 0 Å². The quantitative estimate of drug-likeness (QED) is 0.457. The van der Waals surface area contributed by atoms with Gasteiger partial charge in [-0.15, -0.1) is 12.4 Å². The molecular weight excluding hydrogens is 492 g/mol. The zero-order chi connectivity index (χ0) is 24.8. The van der Waals surface area contributed by atoms with E-state index in [0.29, 0.717) is 35.3 Å². The van der Waals surface area contributed by atoms with Crippen molar-refractivity contribution in [2.75, 3.05) is 12.8 Å². The van der Waals surface area contributed by atoms with Gasteiger partial charge in [0.25, 0.3) is 0 Å². The number of allylic oxidation sites excluding steroid dienone is 1. The number of sulfonamides is 1. The van der Waals surface area contributed by atoms with Gasteiger partial charge in [-0.2, -0.15) is 0 Å². The second kappa shape index (κ2) is 9.50. The topological polar surface area (TPSA) is 67.4 Å². The van der Waals surface area contributed by atoms with E-state index in [1.807, 2.05) is 0 Å². The zero-order valence-corrected chi connectivity index (χ0v) is 24.6. The Morgan fingerprint density at radius 2 is 1.86 bits per heavy atom. The highest BCUT2D eigenvalue weighted by Crippen LogP contribution is 2.65. The molecule has 0 aromatic heterocycles. The van der Waals surface area contributed by atoms with Gasteiger partial charge in [-0.1, -0.05) is 31.9 Å². The lowest BCUT2D eigenvalue weighted by molar-refractivity contribution is -0.0746. The molecule has 7 heteroatoms. The summed E-state index contributed by atoms with van der Waals surface area (Å²) in [6, 6.07) is 0.660. The standard InChI is InChI=1S/C29H48N2O3S.ClH/c1-17-12-26-27(30-16-17)19(3)29(34-26)11-9-22-23-7-6-20-13-21(31-35(5,32)33)8-10-28(20,4)25(23)14-24(22)18(2)15-29;/h17,19-23,25-27,30-31H,6-16H2,1-5H3;1H/t17-,19+,20+,21?,22-,23-,25-,26+,27-,28-,29-;/m0./s1. The maximum atomic E-state index is 11.9. The van der Waals surface area contributed by atoms with Crippen molar-refractivity contribution in [3.8, 4) is 0 Å². The Morgan fingerprint density at radius 1 is 1.08 bits per heavy atom.